The van der Waals surface area contributed by atoms with Gasteiger partial charge in [0.1, 0.15) is 11.9 Å². The number of rotatable bonds is 5. The molecule has 2 amide bonds. The van der Waals surface area contributed by atoms with Crippen molar-refractivity contribution in [3.05, 3.63) is 42.9 Å². The number of anilines is 1. The van der Waals surface area contributed by atoms with E-state index in [2.05, 4.69) is 9.97 Å². The summed E-state index contributed by atoms with van der Waals surface area (Å²) < 4.78 is 10.9. The lowest BCUT2D eigenvalue weighted by atomic mass is 10.1. The summed E-state index contributed by atoms with van der Waals surface area (Å²) in [7, 11) is 1.60. The van der Waals surface area contributed by atoms with Gasteiger partial charge in [-0.05, 0) is 24.3 Å². The first-order valence-electron chi connectivity index (χ1n) is 9.30. The van der Waals surface area contributed by atoms with Gasteiger partial charge in [0.05, 0.1) is 25.8 Å². The molecular formula is C20H22N4O4. The van der Waals surface area contributed by atoms with Crippen molar-refractivity contribution >= 4 is 17.5 Å². The van der Waals surface area contributed by atoms with E-state index in [1.807, 2.05) is 24.3 Å². The Balaban J connectivity index is 1.35. The molecule has 2 aliphatic heterocycles. The highest BCUT2D eigenvalue weighted by molar-refractivity contribution is 6.00. The molecule has 2 atom stereocenters. The molecule has 2 fully saturated rings. The monoisotopic (exact) mass is 382 g/mol. The zero-order valence-corrected chi connectivity index (χ0v) is 15.7. The lowest BCUT2D eigenvalue weighted by Gasteiger charge is -2.21. The molecule has 8 heteroatoms. The Morgan fingerprint density at radius 2 is 2.00 bits per heavy atom. The Morgan fingerprint density at radius 1 is 1.18 bits per heavy atom. The average molecular weight is 382 g/mol. The molecule has 4 rings (SSSR count). The minimum Gasteiger partial charge on any atom is -0.497 e. The number of nitrogens with zero attached hydrogens (tertiary/aromatic N) is 4. The number of carbonyl (C=O) groups excluding carboxylic acids is 2. The fourth-order valence-corrected chi connectivity index (χ4v) is 3.68. The van der Waals surface area contributed by atoms with E-state index < -0.39 is 0 Å². The van der Waals surface area contributed by atoms with Crippen LogP contribution in [0.25, 0.3) is 0 Å². The number of hydrogen-bond donors (Lipinski definition) is 0. The van der Waals surface area contributed by atoms with Crippen molar-refractivity contribution in [3.8, 4) is 11.6 Å². The summed E-state index contributed by atoms with van der Waals surface area (Å²) in [5, 5.41) is 0. The van der Waals surface area contributed by atoms with Gasteiger partial charge < -0.3 is 19.3 Å². The van der Waals surface area contributed by atoms with Gasteiger partial charge in [-0.2, -0.15) is 0 Å². The van der Waals surface area contributed by atoms with E-state index in [1.54, 1.807) is 35.5 Å². The van der Waals surface area contributed by atoms with Crippen molar-refractivity contribution in [3.63, 3.8) is 0 Å². The zero-order valence-electron chi connectivity index (χ0n) is 15.7. The quantitative estimate of drug-likeness (QED) is 0.780. The zero-order chi connectivity index (χ0) is 19.5. The molecule has 28 heavy (non-hydrogen) atoms. The molecule has 2 unspecified atom stereocenters. The Kier molecular flexibility index (Phi) is 5.10. The van der Waals surface area contributed by atoms with Crippen molar-refractivity contribution in [2.45, 2.75) is 18.9 Å². The first-order chi connectivity index (χ1) is 13.6. The summed E-state index contributed by atoms with van der Waals surface area (Å²) in [5.74, 6) is 0.840. The van der Waals surface area contributed by atoms with Crippen molar-refractivity contribution in [2.75, 3.05) is 31.6 Å². The lowest BCUT2D eigenvalue weighted by molar-refractivity contribution is -0.135. The van der Waals surface area contributed by atoms with E-state index in [9.17, 15) is 9.59 Å². The van der Waals surface area contributed by atoms with Gasteiger partial charge >= 0.3 is 0 Å². The molecule has 0 bridgehead atoms. The van der Waals surface area contributed by atoms with Crippen LogP contribution in [0.5, 0.6) is 11.6 Å². The third-order valence-corrected chi connectivity index (χ3v) is 5.14. The van der Waals surface area contributed by atoms with Crippen molar-refractivity contribution < 1.29 is 19.1 Å². The van der Waals surface area contributed by atoms with E-state index in [4.69, 9.17) is 9.47 Å². The molecule has 3 heterocycles. The number of methoxy groups -OCH3 is 1. The Morgan fingerprint density at radius 3 is 2.71 bits per heavy atom. The second-order valence-corrected chi connectivity index (χ2v) is 6.96. The molecular weight excluding hydrogens is 360 g/mol. The van der Waals surface area contributed by atoms with Crippen LogP contribution < -0.4 is 14.4 Å². The Bertz CT molecular complexity index is 843. The van der Waals surface area contributed by atoms with Crippen LogP contribution in [-0.2, 0) is 9.59 Å². The number of hydrogen-bond acceptors (Lipinski definition) is 6. The van der Waals surface area contributed by atoms with Crippen LogP contribution in [0, 0.1) is 5.92 Å². The van der Waals surface area contributed by atoms with Crippen molar-refractivity contribution in [1.82, 2.24) is 14.9 Å². The first kappa shape index (κ1) is 18.2. The van der Waals surface area contributed by atoms with E-state index in [-0.39, 0.29) is 30.3 Å². The maximum atomic E-state index is 12.9. The molecule has 2 saturated heterocycles. The minimum absolute atomic E-state index is 0.00890. The number of likely N-dealkylation sites (tertiary alicyclic amines) is 1. The average Bonchev–Trinajstić information content (AvgIpc) is 3.35. The summed E-state index contributed by atoms with van der Waals surface area (Å²) in [5.41, 5.74) is 0.784. The second kappa shape index (κ2) is 7.84. The third kappa shape index (κ3) is 3.76. The van der Waals surface area contributed by atoms with E-state index in [1.165, 1.54) is 0 Å². The Hall–Kier alpha value is -3.16. The van der Waals surface area contributed by atoms with Gasteiger partial charge in [0.25, 0.3) is 0 Å². The number of ether oxygens (including phenoxy) is 2. The van der Waals surface area contributed by atoms with Crippen molar-refractivity contribution in [2.24, 2.45) is 5.92 Å². The van der Waals surface area contributed by atoms with Crippen LogP contribution in [-0.4, -0.2) is 59.5 Å². The van der Waals surface area contributed by atoms with E-state index in [0.29, 0.717) is 25.5 Å². The van der Waals surface area contributed by atoms with Crippen molar-refractivity contribution in [1.29, 1.82) is 0 Å². The predicted octanol–water partition coefficient (Wildman–Crippen LogP) is 1.52. The number of aromatic nitrogens is 2. The van der Waals surface area contributed by atoms with Gasteiger partial charge in [0.2, 0.25) is 17.7 Å². The van der Waals surface area contributed by atoms with Crippen LogP contribution in [0.15, 0.2) is 42.9 Å². The molecule has 2 aromatic rings. The maximum Gasteiger partial charge on any atom is 0.232 e. The molecule has 1 aromatic carbocycles. The predicted molar refractivity (Wildman–Crippen MR) is 101 cm³/mol. The highest BCUT2D eigenvalue weighted by Crippen LogP contribution is 2.29. The normalized spacial score (nSPS) is 21.8. The molecule has 0 saturated carbocycles. The SMILES string of the molecule is COc1ccc(N2CC(C(=O)N3CCC(Oc4cnccn4)C3)CC2=O)cc1. The van der Waals surface area contributed by atoms with Crippen LogP contribution >= 0.6 is 0 Å². The van der Waals surface area contributed by atoms with Gasteiger partial charge in [-0.1, -0.05) is 0 Å². The van der Waals surface area contributed by atoms with Gasteiger partial charge in [-0.25, -0.2) is 4.98 Å². The molecule has 2 aliphatic rings. The number of carbonyl (C=O) groups is 2. The topological polar surface area (TPSA) is 84.9 Å². The molecule has 146 valence electrons. The highest BCUT2D eigenvalue weighted by Gasteiger charge is 2.39. The fourth-order valence-electron chi connectivity index (χ4n) is 3.68. The Labute approximate surface area is 163 Å². The van der Waals surface area contributed by atoms with Crippen LogP contribution in [0.4, 0.5) is 5.69 Å². The van der Waals surface area contributed by atoms with Crippen LogP contribution in [0.1, 0.15) is 12.8 Å². The molecule has 0 aliphatic carbocycles. The number of amides is 2. The fraction of sp³-hybridized carbons (Fsp3) is 0.400. The van der Waals surface area contributed by atoms with Gasteiger partial charge in [-0.15, -0.1) is 0 Å². The summed E-state index contributed by atoms with van der Waals surface area (Å²) in [6.45, 7) is 1.52. The molecule has 0 spiro atoms. The maximum absolute atomic E-state index is 12.9. The summed E-state index contributed by atoms with van der Waals surface area (Å²) >= 11 is 0. The van der Waals surface area contributed by atoms with Crippen LogP contribution in [0.2, 0.25) is 0 Å². The molecule has 0 N–H and O–H groups in total. The lowest BCUT2D eigenvalue weighted by Crippen LogP contribution is -2.37. The van der Waals surface area contributed by atoms with Gasteiger partial charge in [0.15, 0.2) is 0 Å². The summed E-state index contributed by atoms with van der Waals surface area (Å²) in [4.78, 5) is 36.9. The van der Waals surface area contributed by atoms with E-state index >= 15 is 0 Å². The molecule has 0 radical (unpaired) electrons. The van der Waals surface area contributed by atoms with Gasteiger partial charge in [0, 0.05) is 44.0 Å². The highest BCUT2D eigenvalue weighted by atomic mass is 16.5. The van der Waals surface area contributed by atoms with E-state index in [0.717, 1.165) is 17.9 Å². The van der Waals surface area contributed by atoms with Gasteiger partial charge in [-0.3, -0.25) is 14.6 Å². The number of benzene rings is 1. The standard InChI is InChI=1S/C20H22N4O4/c1-27-16-4-2-15(3-5-16)24-12-14(10-19(24)25)20(26)23-9-6-17(13-23)28-18-11-21-7-8-22-18/h2-5,7-8,11,14,17H,6,9-10,12-13H2,1H3. The first-order valence-corrected chi connectivity index (χ1v) is 9.30. The molecule has 8 nitrogen and oxygen atoms in total. The third-order valence-electron chi connectivity index (χ3n) is 5.14. The minimum atomic E-state index is -0.329. The second-order valence-electron chi connectivity index (χ2n) is 6.96. The largest absolute Gasteiger partial charge is 0.497 e. The van der Waals surface area contributed by atoms with Crippen LogP contribution in [0.3, 0.4) is 0 Å². The smallest absolute Gasteiger partial charge is 0.232 e. The molecule has 1 aromatic heterocycles. The summed E-state index contributed by atoms with van der Waals surface area (Å²) in [6.07, 6.45) is 5.60. The summed E-state index contributed by atoms with van der Waals surface area (Å²) in [6, 6.07) is 7.30.